The van der Waals surface area contributed by atoms with E-state index >= 15 is 0 Å². The van der Waals surface area contributed by atoms with Crippen molar-refractivity contribution >= 4 is 28.8 Å². The van der Waals surface area contributed by atoms with Gasteiger partial charge in [-0.05, 0) is 18.6 Å². The SMILES string of the molecule is N#CCCn1cc(C=CC(=O)N2CCC(C(N)=O)C2)c2ccccc21. The Bertz CT molecular complexity index is 875. The van der Waals surface area contributed by atoms with Gasteiger partial charge in [0.1, 0.15) is 0 Å². The lowest BCUT2D eigenvalue weighted by Gasteiger charge is -2.12. The van der Waals surface area contributed by atoms with Crippen molar-refractivity contribution in [2.75, 3.05) is 13.1 Å². The highest BCUT2D eigenvalue weighted by Crippen LogP contribution is 2.23. The maximum absolute atomic E-state index is 12.3. The molecule has 1 unspecified atom stereocenters. The van der Waals surface area contributed by atoms with Crippen LogP contribution in [0.5, 0.6) is 0 Å². The summed E-state index contributed by atoms with van der Waals surface area (Å²) < 4.78 is 2.03. The van der Waals surface area contributed by atoms with Crippen molar-refractivity contribution in [3.8, 4) is 6.07 Å². The summed E-state index contributed by atoms with van der Waals surface area (Å²) in [6.07, 6.45) is 6.36. The molecule has 3 rings (SSSR count). The Morgan fingerprint density at radius 2 is 2.16 bits per heavy atom. The van der Waals surface area contributed by atoms with Gasteiger partial charge in [0.2, 0.25) is 11.8 Å². The molecule has 2 amide bonds. The molecule has 1 aliphatic rings. The summed E-state index contributed by atoms with van der Waals surface area (Å²) in [6, 6.07) is 10.1. The van der Waals surface area contributed by atoms with E-state index in [1.165, 1.54) is 0 Å². The third-order valence-corrected chi connectivity index (χ3v) is 4.59. The van der Waals surface area contributed by atoms with Crippen LogP contribution in [-0.4, -0.2) is 34.4 Å². The molecule has 0 saturated carbocycles. The molecule has 2 N–H and O–H groups in total. The van der Waals surface area contributed by atoms with Gasteiger partial charge < -0.3 is 15.2 Å². The maximum atomic E-state index is 12.3. The minimum Gasteiger partial charge on any atom is -0.369 e. The van der Waals surface area contributed by atoms with E-state index in [1.807, 2.05) is 35.0 Å². The summed E-state index contributed by atoms with van der Waals surface area (Å²) >= 11 is 0. The third kappa shape index (κ3) is 3.56. The van der Waals surface area contributed by atoms with Crippen molar-refractivity contribution in [1.29, 1.82) is 5.26 Å². The van der Waals surface area contributed by atoms with Crippen LogP contribution in [0, 0.1) is 17.2 Å². The molecule has 25 heavy (non-hydrogen) atoms. The summed E-state index contributed by atoms with van der Waals surface area (Å²) in [5.41, 5.74) is 7.29. The molecule has 1 aliphatic heterocycles. The second-order valence-electron chi connectivity index (χ2n) is 6.21. The first kappa shape index (κ1) is 16.8. The van der Waals surface area contributed by atoms with Crippen LogP contribution in [0.1, 0.15) is 18.4 Å². The number of para-hydroxylation sites is 1. The van der Waals surface area contributed by atoms with Gasteiger partial charge >= 0.3 is 0 Å². The topological polar surface area (TPSA) is 92.1 Å². The van der Waals surface area contributed by atoms with Crippen LogP contribution in [0.4, 0.5) is 0 Å². The van der Waals surface area contributed by atoms with E-state index in [0.29, 0.717) is 32.5 Å². The minimum atomic E-state index is -0.347. The smallest absolute Gasteiger partial charge is 0.246 e. The third-order valence-electron chi connectivity index (χ3n) is 4.59. The summed E-state index contributed by atoms with van der Waals surface area (Å²) in [5, 5.41) is 9.85. The number of nitrogens with zero attached hydrogens (tertiary/aromatic N) is 3. The number of aryl methyl sites for hydroxylation is 1. The van der Waals surface area contributed by atoms with Gasteiger partial charge in [-0.15, -0.1) is 0 Å². The number of primary amides is 1. The Morgan fingerprint density at radius 3 is 2.88 bits per heavy atom. The maximum Gasteiger partial charge on any atom is 0.246 e. The van der Waals surface area contributed by atoms with Crippen LogP contribution in [0.2, 0.25) is 0 Å². The van der Waals surface area contributed by atoms with Crippen molar-refractivity contribution in [2.24, 2.45) is 11.7 Å². The summed E-state index contributed by atoms with van der Waals surface area (Å²) in [4.78, 5) is 25.2. The fourth-order valence-corrected chi connectivity index (χ4v) is 3.22. The molecule has 2 aromatic rings. The second kappa shape index (κ2) is 7.22. The zero-order valence-corrected chi connectivity index (χ0v) is 13.9. The molecule has 6 heteroatoms. The summed E-state index contributed by atoms with van der Waals surface area (Å²) in [5.74, 6) is -0.706. The second-order valence-corrected chi connectivity index (χ2v) is 6.21. The van der Waals surface area contributed by atoms with Gasteiger partial charge in [-0.2, -0.15) is 5.26 Å². The first-order valence-corrected chi connectivity index (χ1v) is 8.31. The molecule has 1 atom stereocenters. The first-order valence-electron chi connectivity index (χ1n) is 8.31. The molecule has 6 nitrogen and oxygen atoms in total. The summed E-state index contributed by atoms with van der Waals surface area (Å²) in [7, 11) is 0. The number of amides is 2. The van der Waals surface area contributed by atoms with Crippen LogP contribution in [-0.2, 0) is 16.1 Å². The number of nitriles is 1. The van der Waals surface area contributed by atoms with Crippen molar-refractivity contribution in [3.05, 3.63) is 42.1 Å². The Labute approximate surface area is 146 Å². The fourth-order valence-electron chi connectivity index (χ4n) is 3.22. The van der Waals surface area contributed by atoms with E-state index < -0.39 is 0 Å². The first-order chi connectivity index (χ1) is 12.1. The van der Waals surface area contributed by atoms with Crippen molar-refractivity contribution in [1.82, 2.24) is 9.47 Å². The largest absolute Gasteiger partial charge is 0.369 e. The molecule has 0 radical (unpaired) electrons. The zero-order valence-electron chi connectivity index (χ0n) is 13.9. The minimum absolute atomic E-state index is 0.113. The lowest BCUT2D eigenvalue weighted by atomic mass is 10.1. The average molecular weight is 336 g/mol. The Balaban J connectivity index is 1.78. The van der Waals surface area contributed by atoms with Gasteiger partial charge in [0, 0.05) is 48.4 Å². The number of hydrogen-bond donors (Lipinski definition) is 1. The van der Waals surface area contributed by atoms with Gasteiger partial charge in [0.25, 0.3) is 0 Å². The fraction of sp³-hybridized carbons (Fsp3) is 0.316. The molecule has 2 heterocycles. The number of carbonyl (C=O) groups is 2. The molecule has 0 spiro atoms. The van der Waals surface area contributed by atoms with Crippen LogP contribution in [0.3, 0.4) is 0 Å². The highest BCUT2D eigenvalue weighted by atomic mass is 16.2. The van der Waals surface area contributed by atoms with Crippen LogP contribution in [0.15, 0.2) is 36.5 Å². The van der Waals surface area contributed by atoms with Gasteiger partial charge in [-0.25, -0.2) is 0 Å². The van der Waals surface area contributed by atoms with Crippen LogP contribution < -0.4 is 5.73 Å². The molecule has 0 bridgehead atoms. The van der Waals surface area contributed by atoms with E-state index in [0.717, 1.165) is 16.5 Å². The molecule has 128 valence electrons. The molecule has 1 aromatic carbocycles. The molecular weight excluding hydrogens is 316 g/mol. The molecule has 1 fully saturated rings. The van der Waals surface area contributed by atoms with E-state index in [1.54, 1.807) is 17.1 Å². The number of likely N-dealkylation sites (tertiary alicyclic amines) is 1. The van der Waals surface area contributed by atoms with Gasteiger partial charge in [-0.1, -0.05) is 18.2 Å². The van der Waals surface area contributed by atoms with Gasteiger partial charge in [-0.3, -0.25) is 9.59 Å². The predicted molar refractivity (Wildman–Crippen MR) is 95.1 cm³/mol. The molecular formula is C19H20N4O2. The number of nitrogens with two attached hydrogens (primary N) is 1. The van der Waals surface area contributed by atoms with Crippen LogP contribution in [0.25, 0.3) is 17.0 Å². The molecule has 0 aliphatic carbocycles. The van der Waals surface area contributed by atoms with Gasteiger partial charge in [0.05, 0.1) is 18.4 Å². The van der Waals surface area contributed by atoms with E-state index in [-0.39, 0.29) is 17.7 Å². The lowest BCUT2D eigenvalue weighted by Crippen LogP contribution is -2.30. The predicted octanol–water partition coefficient (Wildman–Crippen LogP) is 1.90. The van der Waals surface area contributed by atoms with Crippen LogP contribution >= 0.6 is 0 Å². The van der Waals surface area contributed by atoms with Crippen molar-refractivity contribution in [3.63, 3.8) is 0 Å². The normalized spacial score (nSPS) is 17.2. The number of carbonyl (C=O) groups excluding carboxylic acids is 2. The van der Waals surface area contributed by atoms with E-state index in [2.05, 4.69) is 6.07 Å². The Hall–Kier alpha value is -3.07. The van der Waals surface area contributed by atoms with Crippen molar-refractivity contribution < 1.29 is 9.59 Å². The highest BCUT2D eigenvalue weighted by molar-refractivity contribution is 5.96. The van der Waals surface area contributed by atoms with E-state index in [9.17, 15) is 9.59 Å². The van der Waals surface area contributed by atoms with Gasteiger partial charge in [0.15, 0.2) is 0 Å². The quantitative estimate of drug-likeness (QED) is 0.845. The number of rotatable bonds is 5. The number of benzene rings is 1. The highest BCUT2D eigenvalue weighted by Gasteiger charge is 2.28. The Morgan fingerprint density at radius 1 is 1.36 bits per heavy atom. The lowest BCUT2D eigenvalue weighted by molar-refractivity contribution is -0.125. The summed E-state index contributed by atoms with van der Waals surface area (Å²) in [6.45, 7) is 1.56. The molecule has 1 saturated heterocycles. The van der Waals surface area contributed by atoms with Crippen molar-refractivity contribution in [2.45, 2.75) is 19.4 Å². The number of fused-ring (bicyclic) bond motifs is 1. The number of aromatic nitrogens is 1. The van der Waals surface area contributed by atoms with E-state index in [4.69, 9.17) is 11.0 Å². The number of hydrogen-bond acceptors (Lipinski definition) is 3. The monoisotopic (exact) mass is 336 g/mol. The zero-order chi connectivity index (χ0) is 17.8. The molecule has 1 aromatic heterocycles. The average Bonchev–Trinajstić information content (AvgIpc) is 3.23. The standard InChI is InChI=1S/C19H20N4O2/c20-9-3-10-22-12-14(16-4-1-2-5-17(16)22)6-7-18(24)23-11-8-15(13-23)19(21)25/h1-2,4-7,12,15H,3,8,10-11,13H2,(H2,21,25). The Kier molecular flexibility index (Phi) is 4.85.